The molecule has 1 N–H and O–H groups in total. The lowest BCUT2D eigenvalue weighted by molar-refractivity contribution is 0.601. The predicted molar refractivity (Wildman–Crippen MR) is 129 cm³/mol. The van der Waals surface area contributed by atoms with E-state index in [1.165, 1.54) is 0 Å². The Hall–Kier alpha value is -3.38. The van der Waals surface area contributed by atoms with Crippen LogP contribution in [0.2, 0.25) is 0 Å². The highest BCUT2D eigenvalue weighted by molar-refractivity contribution is 14.1. The van der Waals surface area contributed by atoms with Crippen molar-refractivity contribution in [1.29, 1.82) is 0 Å². The summed E-state index contributed by atoms with van der Waals surface area (Å²) in [6.07, 6.45) is 1.69. The van der Waals surface area contributed by atoms with Gasteiger partial charge in [0.25, 0.3) is 10.0 Å². The van der Waals surface area contributed by atoms with Gasteiger partial charge in [-0.25, -0.2) is 8.42 Å². The van der Waals surface area contributed by atoms with Gasteiger partial charge in [-0.1, -0.05) is 18.2 Å². The van der Waals surface area contributed by atoms with Crippen LogP contribution >= 0.6 is 22.6 Å². The maximum atomic E-state index is 12.6. The van der Waals surface area contributed by atoms with Crippen molar-refractivity contribution in [3.63, 3.8) is 0 Å². The monoisotopic (exact) mass is 554 g/mol. The lowest BCUT2D eigenvalue weighted by atomic mass is 10.1. The van der Waals surface area contributed by atoms with Gasteiger partial charge in [0.2, 0.25) is 5.82 Å². The zero-order valence-corrected chi connectivity index (χ0v) is 19.4. The summed E-state index contributed by atoms with van der Waals surface area (Å²) in [6, 6.07) is 22.9. The van der Waals surface area contributed by atoms with Crippen molar-refractivity contribution >= 4 is 43.9 Å². The van der Waals surface area contributed by atoms with Crippen LogP contribution in [0.5, 0.6) is 0 Å². The summed E-state index contributed by atoms with van der Waals surface area (Å²) >= 11 is 2.13. The number of hydrogen-bond donors (Lipinski definition) is 1. The van der Waals surface area contributed by atoms with Gasteiger partial charge in [0.15, 0.2) is 5.65 Å². The lowest BCUT2D eigenvalue weighted by Gasteiger charge is -2.09. The van der Waals surface area contributed by atoms with Crippen LogP contribution in [-0.2, 0) is 10.0 Å². The number of hydrogen-bond acceptors (Lipinski definition) is 6. The van der Waals surface area contributed by atoms with Gasteiger partial charge in [0, 0.05) is 21.0 Å². The molecule has 0 aliphatic heterocycles. The first-order chi connectivity index (χ1) is 15.5. The lowest BCUT2D eigenvalue weighted by Crippen LogP contribution is -2.12. The molecule has 2 aromatic carbocycles. The van der Waals surface area contributed by atoms with Crippen molar-refractivity contribution in [3.8, 4) is 22.8 Å². The van der Waals surface area contributed by atoms with Crippen LogP contribution in [0.3, 0.4) is 0 Å². The molecule has 10 heteroatoms. The van der Waals surface area contributed by atoms with E-state index in [0.29, 0.717) is 28.5 Å². The third-order valence-corrected chi connectivity index (χ3v) is 6.83. The molecule has 0 aliphatic carbocycles. The second-order valence-electron chi connectivity index (χ2n) is 6.86. The first kappa shape index (κ1) is 20.5. The van der Waals surface area contributed by atoms with E-state index in [2.05, 4.69) is 47.6 Å². The molecule has 32 heavy (non-hydrogen) atoms. The van der Waals surface area contributed by atoms with Crippen LogP contribution in [0.25, 0.3) is 28.4 Å². The van der Waals surface area contributed by atoms with E-state index in [4.69, 9.17) is 0 Å². The second-order valence-corrected chi connectivity index (χ2v) is 9.79. The molecule has 0 unspecified atom stereocenters. The normalized spacial score (nSPS) is 11.5. The second kappa shape index (κ2) is 8.28. The zero-order chi connectivity index (χ0) is 22.1. The Bertz CT molecular complexity index is 1500. The number of sulfonamides is 1. The van der Waals surface area contributed by atoms with E-state index in [9.17, 15) is 8.42 Å². The summed E-state index contributed by atoms with van der Waals surface area (Å²) in [5.41, 5.74) is 3.26. The van der Waals surface area contributed by atoms with Crippen LogP contribution in [0, 0.1) is 3.57 Å². The van der Waals surface area contributed by atoms with Crippen molar-refractivity contribution in [2.24, 2.45) is 0 Å². The van der Waals surface area contributed by atoms with Crippen LogP contribution in [0.4, 0.5) is 5.69 Å². The molecule has 3 heterocycles. The highest BCUT2D eigenvalue weighted by Crippen LogP contribution is 2.23. The quantitative estimate of drug-likeness (QED) is 0.326. The summed E-state index contributed by atoms with van der Waals surface area (Å²) in [5.74, 6) is 0.546. The summed E-state index contributed by atoms with van der Waals surface area (Å²) in [5, 5.41) is 13.0. The predicted octanol–water partition coefficient (Wildman–Crippen LogP) is 4.26. The fourth-order valence-electron chi connectivity index (χ4n) is 3.13. The molecule has 8 nitrogen and oxygen atoms in total. The van der Waals surface area contributed by atoms with E-state index in [1.54, 1.807) is 47.1 Å². The smallest absolute Gasteiger partial charge is 0.261 e. The summed E-state index contributed by atoms with van der Waals surface area (Å²) in [6.45, 7) is 0. The number of fused-ring (bicyclic) bond motifs is 1. The molecule has 5 aromatic rings. The molecule has 3 aromatic heterocycles. The van der Waals surface area contributed by atoms with E-state index in [0.717, 1.165) is 9.13 Å². The minimum atomic E-state index is -3.66. The molecule has 0 aliphatic rings. The Morgan fingerprint density at radius 1 is 0.812 bits per heavy atom. The first-order valence-electron chi connectivity index (χ1n) is 9.52. The number of anilines is 1. The highest BCUT2D eigenvalue weighted by atomic mass is 127. The Balaban J connectivity index is 1.43. The Morgan fingerprint density at radius 3 is 2.31 bits per heavy atom. The Labute approximate surface area is 197 Å². The van der Waals surface area contributed by atoms with Crippen molar-refractivity contribution in [1.82, 2.24) is 24.8 Å². The topological polar surface area (TPSA) is 102 Å². The third kappa shape index (κ3) is 4.06. The fourth-order valence-corrected chi connectivity index (χ4v) is 4.55. The number of aromatic nitrogens is 5. The van der Waals surface area contributed by atoms with E-state index in [-0.39, 0.29) is 4.90 Å². The molecule has 0 saturated heterocycles. The van der Waals surface area contributed by atoms with E-state index >= 15 is 0 Å². The molecular weight excluding hydrogens is 539 g/mol. The maximum absolute atomic E-state index is 12.6. The molecule has 0 fully saturated rings. The van der Waals surface area contributed by atoms with Crippen molar-refractivity contribution < 1.29 is 8.42 Å². The largest absolute Gasteiger partial charge is 0.280 e. The van der Waals surface area contributed by atoms with Gasteiger partial charge in [-0.3, -0.25) is 9.71 Å². The number of benzene rings is 2. The van der Waals surface area contributed by atoms with Crippen LogP contribution < -0.4 is 4.72 Å². The molecule has 158 valence electrons. The SMILES string of the molecule is O=S(=O)(Nc1ccc(-c2ccc3nnc(-c4ccccn4)n3n2)cc1)c1ccc(I)cc1. The van der Waals surface area contributed by atoms with Gasteiger partial charge in [0.05, 0.1) is 10.6 Å². The Morgan fingerprint density at radius 2 is 1.59 bits per heavy atom. The van der Waals surface area contributed by atoms with Gasteiger partial charge >= 0.3 is 0 Å². The molecule has 5 rings (SSSR count). The molecule has 0 spiro atoms. The average Bonchev–Trinajstić information content (AvgIpc) is 3.23. The number of nitrogens with zero attached hydrogens (tertiary/aromatic N) is 5. The molecule has 0 atom stereocenters. The number of rotatable bonds is 5. The van der Waals surface area contributed by atoms with Crippen molar-refractivity contribution in [3.05, 3.63) is 88.6 Å². The van der Waals surface area contributed by atoms with E-state index in [1.807, 2.05) is 42.5 Å². The van der Waals surface area contributed by atoms with Crippen LogP contribution in [0.15, 0.2) is 90.0 Å². The molecule has 0 amide bonds. The van der Waals surface area contributed by atoms with Crippen LogP contribution in [-0.4, -0.2) is 33.2 Å². The third-order valence-electron chi connectivity index (χ3n) is 4.71. The minimum Gasteiger partial charge on any atom is -0.280 e. The first-order valence-corrected chi connectivity index (χ1v) is 12.1. The van der Waals surface area contributed by atoms with Gasteiger partial charge in [-0.05, 0) is 83.3 Å². The molecule has 0 bridgehead atoms. The average molecular weight is 554 g/mol. The number of nitrogens with one attached hydrogen (secondary N) is 1. The minimum absolute atomic E-state index is 0.212. The maximum Gasteiger partial charge on any atom is 0.261 e. The molecule has 0 saturated carbocycles. The van der Waals surface area contributed by atoms with Gasteiger partial charge in [0.1, 0.15) is 5.69 Å². The standard InChI is InChI=1S/C22H15IN6O2S/c23-16-6-10-18(11-7-16)32(30,31)28-17-8-4-15(5-9-17)19-12-13-21-25-26-22(29(21)27-19)20-3-1-2-14-24-20/h1-14,28H. The molecular formula is C22H15IN6O2S. The summed E-state index contributed by atoms with van der Waals surface area (Å²) in [4.78, 5) is 4.53. The number of pyridine rings is 1. The highest BCUT2D eigenvalue weighted by Gasteiger charge is 2.15. The van der Waals surface area contributed by atoms with E-state index < -0.39 is 10.0 Å². The zero-order valence-electron chi connectivity index (χ0n) is 16.4. The van der Waals surface area contributed by atoms with Gasteiger partial charge in [-0.2, -0.15) is 9.61 Å². The van der Waals surface area contributed by atoms with Gasteiger partial charge < -0.3 is 0 Å². The van der Waals surface area contributed by atoms with Crippen molar-refractivity contribution in [2.75, 3.05) is 4.72 Å². The number of halogens is 1. The Kier molecular flexibility index (Phi) is 5.31. The molecule has 0 radical (unpaired) electrons. The fraction of sp³-hybridized carbons (Fsp3) is 0. The summed E-state index contributed by atoms with van der Waals surface area (Å²) < 4.78 is 30.4. The van der Waals surface area contributed by atoms with Gasteiger partial charge in [-0.15, -0.1) is 10.2 Å². The van der Waals surface area contributed by atoms with Crippen molar-refractivity contribution in [2.45, 2.75) is 4.90 Å². The van der Waals surface area contributed by atoms with Crippen LogP contribution in [0.1, 0.15) is 0 Å². The summed E-state index contributed by atoms with van der Waals surface area (Å²) in [7, 11) is -3.66.